The highest BCUT2D eigenvalue weighted by Gasteiger charge is 2.23. The van der Waals surface area contributed by atoms with Gasteiger partial charge in [0.15, 0.2) is 0 Å². The monoisotopic (exact) mass is 265 g/mol. The van der Waals surface area contributed by atoms with Crippen molar-refractivity contribution >= 4 is 5.69 Å². The Morgan fingerprint density at radius 2 is 2.00 bits per heavy atom. The first-order chi connectivity index (χ1) is 8.71. The van der Waals surface area contributed by atoms with Gasteiger partial charge in [0.2, 0.25) is 0 Å². The Labute approximate surface area is 116 Å². The molecule has 1 aromatic rings. The Morgan fingerprint density at radius 3 is 2.58 bits per heavy atom. The summed E-state index contributed by atoms with van der Waals surface area (Å²) >= 11 is 0. The van der Waals surface area contributed by atoms with Crippen LogP contribution in [0.15, 0.2) is 23.1 Å². The quantitative estimate of drug-likeness (QED) is 0.888. The van der Waals surface area contributed by atoms with Crippen molar-refractivity contribution in [1.82, 2.24) is 9.47 Å². The molecule has 1 heterocycles. The van der Waals surface area contributed by atoms with Crippen LogP contribution in [0.25, 0.3) is 0 Å². The fourth-order valence-corrected chi connectivity index (χ4v) is 2.07. The summed E-state index contributed by atoms with van der Waals surface area (Å²) in [6, 6.07) is 3.67. The number of hydrogen-bond acceptors (Lipinski definition) is 3. The van der Waals surface area contributed by atoms with Crippen molar-refractivity contribution in [2.75, 3.05) is 19.3 Å². The minimum atomic E-state index is 0.0146. The van der Waals surface area contributed by atoms with Crippen LogP contribution in [0.1, 0.15) is 34.1 Å². The van der Waals surface area contributed by atoms with E-state index in [-0.39, 0.29) is 11.0 Å². The summed E-state index contributed by atoms with van der Waals surface area (Å²) in [4.78, 5) is 14.0. The normalized spacial score (nSPS) is 13.8. The topological polar surface area (TPSA) is 51.3 Å². The van der Waals surface area contributed by atoms with Gasteiger partial charge in [0.1, 0.15) is 0 Å². The van der Waals surface area contributed by atoms with E-state index in [0.717, 1.165) is 13.0 Å². The maximum Gasteiger partial charge on any atom is 0.250 e. The molecule has 4 heteroatoms. The van der Waals surface area contributed by atoms with E-state index in [0.29, 0.717) is 18.3 Å². The van der Waals surface area contributed by atoms with Crippen molar-refractivity contribution in [1.29, 1.82) is 0 Å². The summed E-state index contributed by atoms with van der Waals surface area (Å²) in [6.45, 7) is 10.7. The van der Waals surface area contributed by atoms with Gasteiger partial charge < -0.3 is 15.2 Å². The highest BCUT2D eigenvalue weighted by Crippen LogP contribution is 2.22. The predicted octanol–water partition coefficient (Wildman–Crippen LogP) is 2.19. The summed E-state index contributed by atoms with van der Waals surface area (Å²) in [6.07, 6.45) is 2.66. The maximum atomic E-state index is 11.6. The SMILES string of the molecule is CC(N(C)CCCn1cc(N)ccc1=O)C(C)(C)C. The first-order valence-electron chi connectivity index (χ1n) is 6.88. The molecule has 0 fully saturated rings. The van der Waals surface area contributed by atoms with Crippen molar-refractivity contribution in [3.8, 4) is 0 Å². The Bertz CT molecular complexity index is 459. The van der Waals surface area contributed by atoms with Gasteiger partial charge in [0, 0.05) is 30.5 Å². The van der Waals surface area contributed by atoms with Gasteiger partial charge in [-0.3, -0.25) is 4.79 Å². The van der Waals surface area contributed by atoms with Gasteiger partial charge in [-0.2, -0.15) is 0 Å². The van der Waals surface area contributed by atoms with Crippen LogP contribution in [0, 0.1) is 5.41 Å². The molecule has 2 N–H and O–H groups in total. The molecule has 4 nitrogen and oxygen atoms in total. The molecule has 1 unspecified atom stereocenters. The summed E-state index contributed by atoms with van der Waals surface area (Å²) in [5, 5.41) is 0. The smallest absolute Gasteiger partial charge is 0.250 e. The van der Waals surface area contributed by atoms with Gasteiger partial charge in [0.25, 0.3) is 5.56 Å². The molecule has 19 heavy (non-hydrogen) atoms. The number of nitrogens with zero attached hydrogens (tertiary/aromatic N) is 2. The zero-order chi connectivity index (χ0) is 14.6. The van der Waals surface area contributed by atoms with E-state index >= 15 is 0 Å². The molecule has 0 amide bonds. The molecule has 0 aliphatic heterocycles. The third kappa shape index (κ3) is 4.71. The fourth-order valence-electron chi connectivity index (χ4n) is 2.07. The number of nitrogen functional groups attached to an aromatic ring is 1. The van der Waals surface area contributed by atoms with Crippen LogP contribution < -0.4 is 11.3 Å². The van der Waals surface area contributed by atoms with E-state index in [2.05, 4.69) is 39.6 Å². The Kier molecular flexibility index (Phi) is 5.18. The number of rotatable bonds is 5. The second-order valence-corrected chi connectivity index (χ2v) is 6.37. The van der Waals surface area contributed by atoms with Crippen molar-refractivity contribution in [3.05, 3.63) is 28.7 Å². The van der Waals surface area contributed by atoms with Crippen LogP contribution in [-0.4, -0.2) is 29.1 Å². The lowest BCUT2D eigenvalue weighted by atomic mass is 9.87. The van der Waals surface area contributed by atoms with E-state index in [1.807, 2.05) is 0 Å². The molecular formula is C15H27N3O. The number of pyridine rings is 1. The Morgan fingerprint density at radius 1 is 1.37 bits per heavy atom. The number of hydrogen-bond donors (Lipinski definition) is 1. The molecule has 1 atom stereocenters. The van der Waals surface area contributed by atoms with Gasteiger partial charge >= 0.3 is 0 Å². The van der Waals surface area contributed by atoms with Crippen molar-refractivity contribution in [3.63, 3.8) is 0 Å². The second-order valence-electron chi connectivity index (χ2n) is 6.37. The van der Waals surface area contributed by atoms with Crippen molar-refractivity contribution in [2.24, 2.45) is 5.41 Å². The van der Waals surface area contributed by atoms with Crippen molar-refractivity contribution < 1.29 is 0 Å². The standard InChI is InChI=1S/C15H27N3O/c1-12(15(2,3)4)17(5)9-6-10-18-11-13(16)7-8-14(18)19/h7-8,11-12H,6,9-10,16H2,1-5H3. The molecule has 0 aromatic carbocycles. The van der Waals surface area contributed by atoms with E-state index in [9.17, 15) is 4.79 Å². The largest absolute Gasteiger partial charge is 0.398 e. The van der Waals surface area contributed by atoms with Gasteiger partial charge in [-0.25, -0.2) is 0 Å². The minimum Gasteiger partial charge on any atom is -0.398 e. The molecule has 0 aliphatic rings. The first kappa shape index (κ1) is 15.8. The number of aryl methyl sites for hydroxylation is 1. The van der Waals surface area contributed by atoms with Crippen LogP contribution in [0.2, 0.25) is 0 Å². The molecular weight excluding hydrogens is 238 g/mol. The molecule has 1 rings (SSSR count). The maximum absolute atomic E-state index is 11.6. The Balaban J connectivity index is 2.51. The van der Waals surface area contributed by atoms with Gasteiger partial charge in [-0.15, -0.1) is 0 Å². The third-order valence-corrected chi connectivity index (χ3v) is 3.83. The van der Waals surface area contributed by atoms with Gasteiger partial charge in [0.05, 0.1) is 0 Å². The van der Waals surface area contributed by atoms with Crippen LogP contribution in [0.3, 0.4) is 0 Å². The molecule has 0 bridgehead atoms. The van der Waals surface area contributed by atoms with E-state index in [1.54, 1.807) is 16.8 Å². The number of nitrogens with two attached hydrogens (primary N) is 1. The summed E-state index contributed by atoms with van der Waals surface area (Å²) in [5.41, 5.74) is 6.61. The Hall–Kier alpha value is -1.29. The van der Waals surface area contributed by atoms with Gasteiger partial charge in [-0.05, 0) is 38.4 Å². The molecule has 108 valence electrons. The zero-order valence-corrected chi connectivity index (χ0v) is 12.8. The van der Waals surface area contributed by atoms with Crippen molar-refractivity contribution in [2.45, 2.75) is 46.7 Å². The highest BCUT2D eigenvalue weighted by atomic mass is 16.1. The lowest BCUT2D eigenvalue weighted by molar-refractivity contribution is 0.138. The summed E-state index contributed by atoms with van der Waals surface area (Å²) in [7, 11) is 2.14. The number of aromatic nitrogens is 1. The van der Waals surface area contributed by atoms with E-state index < -0.39 is 0 Å². The molecule has 0 saturated heterocycles. The first-order valence-corrected chi connectivity index (χ1v) is 6.88. The predicted molar refractivity (Wildman–Crippen MR) is 81.3 cm³/mol. The molecule has 0 aliphatic carbocycles. The number of anilines is 1. The minimum absolute atomic E-state index is 0.0146. The second kappa shape index (κ2) is 6.24. The lowest BCUT2D eigenvalue weighted by Gasteiger charge is -2.35. The molecule has 0 saturated carbocycles. The zero-order valence-electron chi connectivity index (χ0n) is 12.8. The molecule has 0 spiro atoms. The summed E-state index contributed by atoms with van der Waals surface area (Å²) in [5.74, 6) is 0. The molecule has 0 radical (unpaired) electrons. The van der Waals surface area contributed by atoms with Crippen LogP contribution in [0.4, 0.5) is 5.69 Å². The third-order valence-electron chi connectivity index (χ3n) is 3.83. The fraction of sp³-hybridized carbons (Fsp3) is 0.667. The van der Waals surface area contributed by atoms with Crippen LogP contribution >= 0.6 is 0 Å². The highest BCUT2D eigenvalue weighted by molar-refractivity contribution is 5.33. The van der Waals surface area contributed by atoms with Crippen LogP contribution in [0.5, 0.6) is 0 Å². The average Bonchev–Trinajstić information content (AvgIpc) is 2.31. The lowest BCUT2D eigenvalue weighted by Crippen LogP contribution is -2.40. The molecule has 1 aromatic heterocycles. The summed E-state index contributed by atoms with van der Waals surface area (Å²) < 4.78 is 1.69. The van der Waals surface area contributed by atoms with Gasteiger partial charge in [-0.1, -0.05) is 20.8 Å². The van der Waals surface area contributed by atoms with E-state index in [4.69, 9.17) is 5.73 Å². The van der Waals surface area contributed by atoms with E-state index in [1.165, 1.54) is 6.07 Å². The van der Waals surface area contributed by atoms with Crippen LogP contribution in [-0.2, 0) is 6.54 Å². The average molecular weight is 265 g/mol.